The molecule has 0 saturated carbocycles. The van der Waals surface area contributed by atoms with E-state index in [9.17, 15) is 22.8 Å². The van der Waals surface area contributed by atoms with Crippen molar-refractivity contribution in [1.29, 1.82) is 0 Å². The first-order chi connectivity index (χ1) is 15.1. The number of anilines is 2. The minimum Gasteiger partial charge on any atom is -0.497 e. The number of carbonyl (C=O) groups is 2. The fourth-order valence-electron chi connectivity index (χ4n) is 3.40. The minimum absolute atomic E-state index is 0.192. The van der Waals surface area contributed by atoms with E-state index >= 15 is 0 Å². The highest BCUT2D eigenvalue weighted by Crippen LogP contribution is 2.37. The van der Waals surface area contributed by atoms with Gasteiger partial charge in [0, 0.05) is 51.5 Å². The second-order valence-corrected chi connectivity index (χ2v) is 7.56. The SMILES string of the molecule is COc1cccc(C(=O)N2CCN(C(=O)Nc3ccc(N(C)C)cc3C(F)(F)F)CC2)c1. The van der Waals surface area contributed by atoms with Crippen LogP contribution in [0.25, 0.3) is 0 Å². The molecule has 3 rings (SSSR count). The summed E-state index contributed by atoms with van der Waals surface area (Å²) in [6.45, 7) is 0.960. The van der Waals surface area contributed by atoms with Gasteiger partial charge in [0.25, 0.3) is 5.91 Å². The van der Waals surface area contributed by atoms with Crippen molar-refractivity contribution < 1.29 is 27.5 Å². The van der Waals surface area contributed by atoms with Gasteiger partial charge in [-0.3, -0.25) is 4.79 Å². The van der Waals surface area contributed by atoms with E-state index in [0.717, 1.165) is 6.07 Å². The third kappa shape index (κ3) is 5.24. The minimum atomic E-state index is -4.61. The first-order valence-electron chi connectivity index (χ1n) is 9.98. The van der Waals surface area contributed by atoms with Crippen molar-refractivity contribution in [2.75, 3.05) is 57.6 Å². The van der Waals surface area contributed by atoms with Gasteiger partial charge >= 0.3 is 12.2 Å². The lowest BCUT2D eigenvalue weighted by Gasteiger charge is -2.35. The number of halogens is 3. The summed E-state index contributed by atoms with van der Waals surface area (Å²) in [5.74, 6) is 0.372. The van der Waals surface area contributed by atoms with Gasteiger partial charge < -0.3 is 24.8 Å². The number of methoxy groups -OCH3 is 1. The number of carbonyl (C=O) groups excluding carboxylic acids is 2. The Morgan fingerprint density at radius 2 is 1.66 bits per heavy atom. The second-order valence-electron chi connectivity index (χ2n) is 7.56. The average molecular weight is 450 g/mol. The van der Waals surface area contributed by atoms with Crippen molar-refractivity contribution in [3.05, 3.63) is 53.6 Å². The number of piperazine rings is 1. The maximum Gasteiger partial charge on any atom is 0.418 e. The number of urea groups is 1. The summed E-state index contributed by atoms with van der Waals surface area (Å²) in [5, 5.41) is 2.37. The molecule has 1 heterocycles. The topological polar surface area (TPSA) is 65.1 Å². The van der Waals surface area contributed by atoms with Crippen LogP contribution in [0.5, 0.6) is 5.75 Å². The van der Waals surface area contributed by atoms with Crippen LogP contribution >= 0.6 is 0 Å². The smallest absolute Gasteiger partial charge is 0.418 e. The number of alkyl halides is 3. The van der Waals surface area contributed by atoms with E-state index in [2.05, 4.69) is 5.32 Å². The van der Waals surface area contributed by atoms with Crippen LogP contribution < -0.4 is 15.0 Å². The first-order valence-corrected chi connectivity index (χ1v) is 9.98. The Hall–Kier alpha value is -3.43. The molecule has 0 unspecified atom stereocenters. The molecular formula is C22H25F3N4O3. The fourth-order valence-corrected chi connectivity index (χ4v) is 3.40. The molecule has 1 aliphatic heterocycles. The first kappa shape index (κ1) is 23.2. The normalized spacial score (nSPS) is 14.2. The summed E-state index contributed by atoms with van der Waals surface area (Å²) in [7, 11) is 4.79. The van der Waals surface area contributed by atoms with Gasteiger partial charge in [0.05, 0.1) is 18.4 Å². The van der Waals surface area contributed by atoms with Crippen LogP contribution in [-0.4, -0.2) is 69.1 Å². The lowest BCUT2D eigenvalue weighted by Crippen LogP contribution is -2.51. The van der Waals surface area contributed by atoms with Gasteiger partial charge in [0.1, 0.15) is 5.75 Å². The predicted molar refractivity (Wildman–Crippen MR) is 115 cm³/mol. The van der Waals surface area contributed by atoms with Gasteiger partial charge in [-0.05, 0) is 36.4 Å². The van der Waals surface area contributed by atoms with Gasteiger partial charge in [-0.1, -0.05) is 6.07 Å². The maximum absolute atomic E-state index is 13.5. The highest BCUT2D eigenvalue weighted by molar-refractivity contribution is 5.95. The van der Waals surface area contributed by atoms with E-state index in [1.807, 2.05) is 0 Å². The Morgan fingerprint density at radius 3 is 2.25 bits per heavy atom. The number of amides is 3. The number of ether oxygens (including phenoxy) is 1. The standard InChI is InChI=1S/C22H25F3N4O3/c1-27(2)16-7-8-19(18(14-16)22(23,24)25)26-21(31)29-11-9-28(10-12-29)20(30)15-5-4-6-17(13-15)32-3/h4-8,13-14H,9-12H2,1-3H3,(H,26,31). The van der Waals surface area contributed by atoms with Crippen LogP contribution in [-0.2, 0) is 6.18 Å². The monoisotopic (exact) mass is 450 g/mol. The molecule has 0 aliphatic carbocycles. The van der Waals surface area contributed by atoms with E-state index in [1.165, 1.54) is 24.1 Å². The molecule has 1 fully saturated rings. The van der Waals surface area contributed by atoms with Gasteiger partial charge in [-0.2, -0.15) is 13.2 Å². The van der Waals surface area contributed by atoms with E-state index in [4.69, 9.17) is 4.74 Å². The van der Waals surface area contributed by atoms with Crippen molar-refractivity contribution in [3.8, 4) is 5.75 Å². The fraction of sp³-hybridized carbons (Fsp3) is 0.364. The molecule has 32 heavy (non-hydrogen) atoms. The summed E-state index contributed by atoms with van der Waals surface area (Å²) in [6.07, 6.45) is -4.61. The molecule has 1 saturated heterocycles. The van der Waals surface area contributed by atoms with Crippen LogP contribution in [0.2, 0.25) is 0 Å². The Balaban J connectivity index is 1.65. The quantitative estimate of drug-likeness (QED) is 0.770. The average Bonchev–Trinajstić information content (AvgIpc) is 2.78. The molecule has 3 amide bonds. The number of nitrogens with zero attached hydrogens (tertiary/aromatic N) is 3. The highest BCUT2D eigenvalue weighted by Gasteiger charge is 2.35. The Kier molecular flexibility index (Phi) is 6.81. The van der Waals surface area contributed by atoms with E-state index in [1.54, 1.807) is 48.2 Å². The number of nitrogens with one attached hydrogen (secondary N) is 1. The summed E-state index contributed by atoms with van der Waals surface area (Å²) in [5.41, 5.74) is -0.370. The van der Waals surface area contributed by atoms with E-state index in [-0.39, 0.29) is 37.8 Å². The zero-order valence-electron chi connectivity index (χ0n) is 18.1. The van der Waals surface area contributed by atoms with Crippen molar-refractivity contribution in [2.45, 2.75) is 6.18 Å². The van der Waals surface area contributed by atoms with Gasteiger partial charge in [0.15, 0.2) is 0 Å². The third-order valence-electron chi connectivity index (χ3n) is 5.24. The lowest BCUT2D eigenvalue weighted by atomic mass is 10.1. The Bertz CT molecular complexity index is 987. The Morgan fingerprint density at radius 1 is 1.00 bits per heavy atom. The van der Waals surface area contributed by atoms with Crippen molar-refractivity contribution >= 4 is 23.3 Å². The summed E-state index contributed by atoms with van der Waals surface area (Å²) < 4.78 is 45.6. The number of hydrogen-bond acceptors (Lipinski definition) is 4. The maximum atomic E-state index is 13.5. The van der Waals surface area contributed by atoms with Crippen LogP contribution in [0, 0.1) is 0 Å². The third-order valence-corrected chi connectivity index (χ3v) is 5.24. The Labute approximate surface area is 184 Å². The summed E-state index contributed by atoms with van der Waals surface area (Å²) in [6, 6.07) is 9.89. The van der Waals surface area contributed by atoms with Crippen molar-refractivity contribution in [3.63, 3.8) is 0 Å². The summed E-state index contributed by atoms with van der Waals surface area (Å²) in [4.78, 5) is 29.9. The lowest BCUT2D eigenvalue weighted by molar-refractivity contribution is -0.136. The number of rotatable bonds is 4. The van der Waals surface area contributed by atoms with E-state index in [0.29, 0.717) is 17.0 Å². The van der Waals surface area contributed by atoms with E-state index < -0.39 is 17.8 Å². The molecule has 1 N–H and O–H groups in total. The summed E-state index contributed by atoms with van der Waals surface area (Å²) >= 11 is 0. The zero-order valence-corrected chi connectivity index (χ0v) is 18.1. The van der Waals surface area contributed by atoms with Crippen LogP contribution in [0.1, 0.15) is 15.9 Å². The molecule has 1 aliphatic rings. The molecule has 7 nitrogen and oxygen atoms in total. The van der Waals surface area contributed by atoms with Crippen LogP contribution in [0.3, 0.4) is 0 Å². The molecule has 0 aromatic heterocycles. The molecule has 10 heteroatoms. The largest absolute Gasteiger partial charge is 0.497 e. The van der Waals surface area contributed by atoms with Gasteiger partial charge in [0.2, 0.25) is 0 Å². The number of hydrogen-bond donors (Lipinski definition) is 1. The zero-order chi connectivity index (χ0) is 23.5. The molecular weight excluding hydrogens is 425 g/mol. The molecule has 0 radical (unpaired) electrons. The molecule has 0 spiro atoms. The van der Waals surface area contributed by atoms with Crippen LogP contribution in [0.15, 0.2) is 42.5 Å². The molecule has 2 aromatic rings. The second kappa shape index (κ2) is 9.37. The predicted octanol–water partition coefficient (Wildman–Crippen LogP) is 3.77. The van der Waals surface area contributed by atoms with Gasteiger partial charge in [-0.25, -0.2) is 4.79 Å². The van der Waals surface area contributed by atoms with Crippen molar-refractivity contribution in [2.24, 2.45) is 0 Å². The molecule has 0 bridgehead atoms. The van der Waals surface area contributed by atoms with Crippen LogP contribution in [0.4, 0.5) is 29.3 Å². The molecule has 2 aromatic carbocycles. The van der Waals surface area contributed by atoms with Gasteiger partial charge in [-0.15, -0.1) is 0 Å². The molecule has 0 atom stereocenters. The van der Waals surface area contributed by atoms with Crippen molar-refractivity contribution in [1.82, 2.24) is 9.80 Å². The highest BCUT2D eigenvalue weighted by atomic mass is 19.4. The molecule has 172 valence electrons. The number of benzene rings is 2.